The largest absolute Gasteiger partial charge is 0.496 e. The van der Waals surface area contributed by atoms with Gasteiger partial charge >= 0.3 is 5.97 Å². The highest BCUT2D eigenvalue weighted by Crippen LogP contribution is 2.20. The molecule has 1 unspecified atom stereocenters. The summed E-state index contributed by atoms with van der Waals surface area (Å²) < 4.78 is 33.0. The van der Waals surface area contributed by atoms with E-state index in [2.05, 4.69) is 15.6 Å². The van der Waals surface area contributed by atoms with E-state index in [1.54, 1.807) is 19.2 Å². The van der Waals surface area contributed by atoms with Gasteiger partial charge in [0.15, 0.2) is 15.8 Å². The van der Waals surface area contributed by atoms with Crippen molar-refractivity contribution in [3.63, 3.8) is 0 Å². The van der Waals surface area contributed by atoms with Gasteiger partial charge in [0.05, 0.1) is 25.7 Å². The van der Waals surface area contributed by atoms with Crippen molar-refractivity contribution in [2.45, 2.75) is 19.0 Å². The number of esters is 1. The summed E-state index contributed by atoms with van der Waals surface area (Å²) in [4.78, 5) is 15.9. The number of ether oxygens (including phenoxy) is 2. The summed E-state index contributed by atoms with van der Waals surface area (Å²) >= 11 is 0. The third kappa shape index (κ3) is 6.01. The number of aliphatic imine (C=N–C) groups is 1. The van der Waals surface area contributed by atoms with Crippen LogP contribution < -0.4 is 15.4 Å². The monoisotopic (exact) mass is 497 g/mol. The van der Waals surface area contributed by atoms with Gasteiger partial charge in [-0.15, -0.1) is 24.0 Å². The van der Waals surface area contributed by atoms with Crippen LogP contribution in [0.1, 0.15) is 22.3 Å². The highest BCUT2D eigenvalue weighted by Gasteiger charge is 2.28. The lowest BCUT2D eigenvalue weighted by atomic mass is 10.1. The standard InChI is InChI=1S/C16H23N3O5S.HI/c1-17-16(19-12-6-7-25(21,22)10-12)18-9-11-4-5-14(23-2)13(8-11)15(20)24-3;/h4-5,8,12H,6-7,9-10H2,1-3H3,(H2,17,18,19);1H. The van der Waals surface area contributed by atoms with Crippen molar-refractivity contribution in [3.05, 3.63) is 29.3 Å². The predicted molar refractivity (Wildman–Crippen MR) is 110 cm³/mol. The van der Waals surface area contributed by atoms with Gasteiger partial charge in [-0.25, -0.2) is 13.2 Å². The topological polar surface area (TPSA) is 106 Å². The molecular weight excluding hydrogens is 473 g/mol. The SMILES string of the molecule is CN=C(NCc1ccc(OC)c(C(=O)OC)c1)NC1CCS(=O)(=O)C1.I. The fourth-order valence-electron chi connectivity index (χ4n) is 2.62. The summed E-state index contributed by atoms with van der Waals surface area (Å²) in [6.45, 7) is 0.410. The van der Waals surface area contributed by atoms with Crippen LogP contribution in [0.2, 0.25) is 0 Å². The summed E-state index contributed by atoms with van der Waals surface area (Å²) in [5.74, 6) is 0.787. The van der Waals surface area contributed by atoms with E-state index in [0.717, 1.165) is 5.56 Å². The first-order valence-electron chi connectivity index (χ1n) is 7.81. The maximum atomic E-state index is 11.8. The zero-order valence-corrected chi connectivity index (χ0v) is 18.1. The van der Waals surface area contributed by atoms with E-state index in [-0.39, 0.29) is 41.5 Å². The Morgan fingerprint density at radius 1 is 1.35 bits per heavy atom. The number of carbonyl (C=O) groups excluding carboxylic acids is 1. The number of methoxy groups -OCH3 is 2. The molecule has 1 fully saturated rings. The molecule has 8 nitrogen and oxygen atoms in total. The molecule has 0 saturated carbocycles. The van der Waals surface area contributed by atoms with Crippen molar-refractivity contribution in [1.29, 1.82) is 0 Å². The summed E-state index contributed by atoms with van der Waals surface area (Å²) in [7, 11) is 1.47. The zero-order chi connectivity index (χ0) is 18.4. The normalized spacial score (nSPS) is 18.6. The third-order valence-corrected chi connectivity index (χ3v) is 5.69. The average Bonchev–Trinajstić information content (AvgIpc) is 2.96. The quantitative estimate of drug-likeness (QED) is 0.270. The van der Waals surface area contributed by atoms with Crippen molar-refractivity contribution < 1.29 is 22.7 Å². The van der Waals surface area contributed by atoms with Gasteiger partial charge in [0.2, 0.25) is 0 Å². The highest BCUT2D eigenvalue weighted by atomic mass is 127. The number of halogens is 1. The number of benzene rings is 1. The Morgan fingerprint density at radius 2 is 2.08 bits per heavy atom. The second-order valence-electron chi connectivity index (χ2n) is 5.70. The Morgan fingerprint density at radius 3 is 2.62 bits per heavy atom. The van der Waals surface area contributed by atoms with E-state index in [9.17, 15) is 13.2 Å². The molecule has 0 aromatic heterocycles. The molecule has 0 aliphatic carbocycles. The van der Waals surface area contributed by atoms with Crippen LogP contribution in [-0.4, -0.2) is 59.2 Å². The number of rotatable bonds is 5. The van der Waals surface area contributed by atoms with Crippen LogP contribution in [0.25, 0.3) is 0 Å². The molecule has 1 aromatic rings. The van der Waals surface area contributed by atoms with Gasteiger partial charge in [0.1, 0.15) is 11.3 Å². The van der Waals surface area contributed by atoms with Crippen molar-refractivity contribution >= 4 is 45.7 Å². The summed E-state index contributed by atoms with van der Waals surface area (Å²) in [5, 5.41) is 6.22. The van der Waals surface area contributed by atoms with Gasteiger partial charge < -0.3 is 20.1 Å². The molecular formula is C16H24IN3O5S. The number of hydrogen-bond donors (Lipinski definition) is 2. The Labute approximate surface area is 170 Å². The molecule has 146 valence electrons. The molecule has 1 atom stereocenters. The molecule has 1 aliphatic heterocycles. The van der Waals surface area contributed by atoms with E-state index >= 15 is 0 Å². The molecule has 1 aromatic carbocycles. The first-order valence-corrected chi connectivity index (χ1v) is 9.63. The lowest BCUT2D eigenvalue weighted by Crippen LogP contribution is -2.43. The highest BCUT2D eigenvalue weighted by molar-refractivity contribution is 14.0. The van der Waals surface area contributed by atoms with Gasteiger partial charge in [0, 0.05) is 19.6 Å². The van der Waals surface area contributed by atoms with Gasteiger partial charge in [0.25, 0.3) is 0 Å². The van der Waals surface area contributed by atoms with Crippen LogP contribution in [0.5, 0.6) is 5.75 Å². The van der Waals surface area contributed by atoms with Gasteiger partial charge in [-0.1, -0.05) is 6.07 Å². The Kier molecular flexibility index (Phi) is 8.60. The number of carbonyl (C=O) groups is 1. The number of hydrogen-bond acceptors (Lipinski definition) is 6. The smallest absolute Gasteiger partial charge is 0.341 e. The third-order valence-electron chi connectivity index (χ3n) is 3.93. The number of nitrogens with one attached hydrogen (secondary N) is 2. The first kappa shape index (κ1) is 22.5. The lowest BCUT2D eigenvalue weighted by Gasteiger charge is -2.16. The molecule has 26 heavy (non-hydrogen) atoms. The van der Waals surface area contributed by atoms with Crippen LogP contribution in [0, 0.1) is 0 Å². The van der Waals surface area contributed by atoms with Crippen molar-refractivity contribution in [3.8, 4) is 5.75 Å². The summed E-state index contributed by atoms with van der Waals surface area (Å²) in [5.41, 5.74) is 1.18. The van der Waals surface area contributed by atoms with Crippen molar-refractivity contribution in [2.24, 2.45) is 4.99 Å². The van der Waals surface area contributed by atoms with E-state index in [1.807, 2.05) is 6.07 Å². The van der Waals surface area contributed by atoms with Gasteiger partial charge in [-0.05, 0) is 24.1 Å². The van der Waals surface area contributed by atoms with Crippen molar-refractivity contribution in [1.82, 2.24) is 10.6 Å². The Balaban J connectivity index is 0.00000338. The molecule has 0 spiro atoms. The fourth-order valence-corrected chi connectivity index (χ4v) is 4.29. The summed E-state index contributed by atoms with van der Waals surface area (Å²) in [6, 6.07) is 5.07. The molecule has 1 heterocycles. The number of sulfone groups is 1. The Hall–Kier alpha value is -1.56. The lowest BCUT2D eigenvalue weighted by molar-refractivity contribution is 0.0597. The van der Waals surface area contributed by atoms with Crippen LogP contribution in [0.4, 0.5) is 0 Å². The minimum Gasteiger partial charge on any atom is -0.496 e. The van der Waals surface area contributed by atoms with Gasteiger partial charge in [-0.3, -0.25) is 4.99 Å². The second kappa shape index (κ2) is 9.95. The molecule has 2 N–H and O–H groups in total. The molecule has 10 heteroatoms. The first-order chi connectivity index (χ1) is 11.9. The Bertz CT molecular complexity index is 767. The molecule has 0 radical (unpaired) electrons. The average molecular weight is 497 g/mol. The number of guanidine groups is 1. The van der Waals surface area contributed by atoms with E-state index in [4.69, 9.17) is 9.47 Å². The molecule has 0 amide bonds. The van der Waals surface area contributed by atoms with E-state index in [0.29, 0.717) is 30.2 Å². The van der Waals surface area contributed by atoms with Gasteiger partial charge in [-0.2, -0.15) is 0 Å². The van der Waals surface area contributed by atoms with Crippen LogP contribution in [-0.2, 0) is 21.1 Å². The van der Waals surface area contributed by atoms with E-state index < -0.39 is 15.8 Å². The van der Waals surface area contributed by atoms with E-state index in [1.165, 1.54) is 14.2 Å². The zero-order valence-electron chi connectivity index (χ0n) is 14.9. The minimum absolute atomic E-state index is 0. The van der Waals surface area contributed by atoms with Crippen LogP contribution in [0.15, 0.2) is 23.2 Å². The van der Waals surface area contributed by atoms with Crippen molar-refractivity contribution in [2.75, 3.05) is 32.8 Å². The molecule has 0 bridgehead atoms. The number of nitrogens with zero attached hydrogens (tertiary/aromatic N) is 1. The molecule has 2 rings (SSSR count). The predicted octanol–water partition coefficient (Wildman–Crippen LogP) is 0.952. The fraction of sp³-hybridized carbons (Fsp3) is 0.500. The maximum absolute atomic E-state index is 11.8. The molecule has 1 saturated heterocycles. The molecule has 1 aliphatic rings. The maximum Gasteiger partial charge on any atom is 0.341 e. The van der Waals surface area contributed by atoms with Crippen LogP contribution in [0.3, 0.4) is 0 Å². The second-order valence-corrected chi connectivity index (χ2v) is 7.93. The minimum atomic E-state index is -2.95. The van der Waals surface area contributed by atoms with Crippen LogP contribution >= 0.6 is 24.0 Å². The summed E-state index contributed by atoms with van der Waals surface area (Å²) in [6.07, 6.45) is 0.568.